The van der Waals surface area contributed by atoms with E-state index < -0.39 is 0 Å². The predicted octanol–water partition coefficient (Wildman–Crippen LogP) is 1.81. The van der Waals surface area contributed by atoms with Crippen LogP contribution >= 0.6 is 0 Å². The highest BCUT2D eigenvalue weighted by atomic mass is 16.6. The van der Waals surface area contributed by atoms with E-state index in [1.807, 2.05) is 13.8 Å². The van der Waals surface area contributed by atoms with Gasteiger partial charge in [0.1, 0.15) is 0 Å². The zero-order valence-electron chi connectivity index (χ0n) is 6.76. The van der Waals surface area contributed by atoms with Crippen LogP contribution in [0.3, 0.4) is 0 Å². The number of fused-ring (bicyclic) bond motifs is 1. The average molecular weight is 151 g/mol. The van der Waals surface area contributed by atoms with E-state index in [1.54, 1.807) is 7.11 Å². The summed E-state index contributed by atoms with van der Waals surface area (Å²) in [5.74, 6) is 2.51. The van der Waals surface area contributed by atoms with Crippen molar-refractivity contribution in [3.8, 4) is 17.2 Å². The lowest BCUT2D eigenvalue weighted by molar-refractivity contribution is 0.403. The summed E-state index contributed by atoms with van der Waals surface area (Å²) in [7, 11) is 1.63. The smallest absolute Gasteiger partial charge is 0.215 e. The number of hydrogen-bond donors (Lipinski definition) is 0. The highest BCUT2D eigenvalue weighted by Crippen LogP contribution is 2.54. The van der Waals surface area contributed by atoms with E-state index in [-0.39, 0.29) is 0 Å². The highest BCUT2D eigenvalue weighted by Gasteiger charge is 2.31. The second-order valence-corrected chi connectivity index (χ2v) is 2.58. The fraction of sp³-hybridized carbons (Fsp3) is 0.375. The van der Waals surface area contributed by atoms with Crippen LogP contribution in [0, 0.1) is 13.8 Å². The molecule has 1 aliphatic heterocycles. The first-order valence-corrected chi connectivity index (χ1v) is 3.47. The third-order valence-electron chi connectivity index (χ3n) is 1.77. The molecular formula is C8H9NO2. The molecule has 11 heavy (non-hydrogen) atoms. The Kier molecular flexibility index (Phi) is 1.10. The van der Waals surface area contributed by atoms with Crippen molar-refractivity contribution in [3.05, 3.63) is 11.4 Å². The van der Waals surface area contributed by atoms with Crippen LogP contribution in [0.2, 0.25) is 0 Å². The fourth-order valence-corrected chi connectivity index (χ4v) is 1.22. The summed E-state index contributed by atoms with van der Waals surface area (Å²) >= 11 is 0. The summed E-state index contributed by atoms with van der Waals surface area (Å²) in [5, 5.41) is 0. The molecule has 0 radical (unpaired) electrons. The van der Waals surface area contributed by atoms with Gasteiger partial charge in [-0.2, -0.15) is 0 Å². The molecule has 0 aromatic carbocycles. The lowest BCUT2D eigenvalue weighted by Gasteiger charge is -1.98. The lowest BCUT2D eigenvalue weighted by Crippen LogP contribution is -1.87. The average Bonchev–Trinajstić information content (AvgIpc) is 2.67. The van der Waals surface area contributed by atoms with Crippen LogP contribution in [0.1, 0.15) is 11.4 Å². The van der Waals surface area contributed by atoms with Gasteiger partial charge >= 0.3 is 0 Å². The Hall–Kier alpha value is -1.25. The molecule has 0 unspecified atom stereocenters. The van der Waals surface area contributed by atoms with E-state index >= 15 is 0 Å². The summed E-state index contributed by atoms with van der Waals surface area (Å²) in [6.45, 7) is 3.84. The van der Waals surface area contributed by atoms with Gasteiger partial charge in [0.15, 0.2) is 11.5 Å². The second-order valence-electron chi connectivity index (χ2n) is 2.58. The molecule has 0 N–H and O–H groups in total. The molecule has 0 bridgehead atoms. The quantitative estimate of drug-likeness (QED) is 0.583. The fourth-order valence-electron chi connectivity index (χ4n) is 1.22. The van der Waals surface area contributed by atoms with E-state index in [2.05, 4.69) is 4.98 Å². The van der Waals surface area contributed by atoms with Gasteiger partial charge in [-0.25, -0.2) is 0 Å². The Morgan fingerprint density at radius 1 is 1.18 bits per heavy atom. The minimum Gasteiger partial charge on any atom is -0.491 e. The third kappa shape index (κ3) is 0.770. The predicted molar refractivity (Wildman–Crippen MR) is 40.3 cm³/mol. The monoisotopic (exact) mass is 151 g/mol. The summed E-state index contributed by atoms with van der Waals surface area (Å²) in [6.07, 6.45) is 0. The molecule has 0 amide bonds. The molecule has 58 valence electrons. The number of ether oxygens (including phenoxy) is 2. The van der Waals surface area contributed by atoms with Gasteiger partial charge in [-0.15, -0.1) is 0 Å². The van der Waals surface area contributed by atoms with Gasteiger partial charge in [0, 0.05) is 0 Å². The molecule has 2 rings (SSSR count). The molecule has 0 saturated carbocycles. The molecule has 1 aromatic rings. The maximum atomic E-state index is 5.18. The highest BCUT2D eigenvalue weighted by molar-refractivity contribution is 5.66. The maximum absolute atomic E-state index is 5.18. The lowest BCUT2D eigenvalue weighted by atomic mass is 10.3. The van der Waals surface area contributed by atoms with Gasteiger partial charge in [0.05, 0.1) is 18.5 Å². The standard InChI is InChI=1S/C8H9NO2/c1-4-6(10-3)8-7(11-8)5(2)9-4/h1-3H3. The van der Waals surface area contributed by atoms with Gasteiger partial charge < -0.3 is 9.47 Å². The van der Waals surface area contributed by atoms with Crippen molar-refractivity contribution < 1.29 is 9.47 Å². The first-order valence-electron chi connectivity index (χ1n) is 3.47. The van der Waals surface area contributed by atoms with Crippen molar-refractivity contribution >= 4 is 0 Å². The minimum atomic E-state index is 0.769. The Morgan fingerprint density at radius 2 is 1.91 bits per heavy atom. The second kappa shape index (κ2) is 1.87. The van der Waals surface area contributed by atoms with E-state index in [1.165, 1.54) is 0 Å². The summed E-state index contributed by atoms with van der Waals surface area (Å²) in [6, 6.07) is 0. The third-order valence-corrected chi connectivity index (χ3v) is 1.77. The van der Waals surface area contributed by atoms with Crippen molar-refractivity contribution in [3.63, 3.8) is 0 Å². The van der Waals surface area contributed by atoms with Crippen molar-refractivity contribution in [2.75, 3.05) is 7.11 Å². The molecule has 0 aliphatic carbocycles. The first kappa shape index (κ1) is 6.46. The van der Waals surface area contributed by atoms with E-state index in [4.69, 9.17) is 9.47 Å². The van der Waals surface area contributed by atoms with Gasteiger partial charge in [-0.1, -0.05) is 0 Å². The van der Waals surface area contributed by atoms with Gasteiger partial charge in [-0.05, 0) is 13.8 Å². The Labute approximate surface area is 65.0 Å². The summed E-state index contributed by atoms with van der Waals surface area (Å²) in [5.41, 5.74) is 1.83. The van der Waals surface area contributed by atoms with Crippen molar-refractivity contribution in [1.29, 1.82) is 0 Å². The number of nitrogens with zero attached hydrogens (tertiary/aromatic N) is 1. The SMILES string of the molecule is COc1c(C)nc(C)c2c1O2. The normalized spacial score (nSPS) is 11.9. The Balaban J connectivity index is 2.61. The van der Waals surface area contributed by atoms with E-state index in [0.717, 1.165) is 28.6 Å². The molecule has 1 aromatic heterocycles. The number of aromatic nitrogens is 1. The van der Waals surface area contributed by atoms with Crippen LogP contribution in [-0.4, -0.2) is 12.1 Å². The van der Waals surface area contributed by atoms with Crippen molar-refractivity contribution in [1.82, 2.24) is 4.98 Å². The number of aryl methyl sites for hydroxylation is 2. The molecule has 3 heteroatoms. The van der Waals surface area contributed by atoms with Crippen molar-refractivity contribution in [2.45, 2.75) is 13.8 Å². The van der Waals surface area contributed by atoms with Crippen LogP contribution in [0.4, 0.5) is 0 Å². The molecule has 1 aliphatic rings. The zero-order valence-corrected chi connectivity index (χ0v) is 6.76. The molecule has 0 spiro atoms. The van der Waals surface area contributed by atoms with Crippen LogP contribution in [0.5, 0.6) is 17.2 Å². The van der Waals surface area contributed by atoms with Crippen LogP contribution in [-0.2, 0) is 0 Å². The minimum absolute atomic E-state index is 0.769. The van der Waals surface area contributed by atoms with Crippen LogP contribution < -0.4 is 9.47 Å². The summed E-state index contributed by atoms with van der Waals surface area (Å²) in [4.78, 5) is 4.25. The molecule has 0 atom stereocenters. The van der Waals surface area contributed by atoms with Gasteiger partial charge in [-0.3, -0.25) is 4.98 Å². The first-order chi connectivity index (χ1) is 5.24. The molecular weight excluding hydrogens is 142 g/mol. The zero-order chi connectivity index (χ0) is 8.01. The number of methoxy groups -OCH3 is 1. The van der Waals surface area contributed by atoms with Gasteiger partial charge in [0.2, 0.25) is 5.75 Å². The van der Waals surface area contributed by atoms with Gasteiger partial charge in [0.25, 0.3) is 0 Å². The van der Waals surface area contributed by atoms with Crippen LogP contribution in [0.15, 0.2) is 0 Å². The van der Waals surface area contributed by atoms with Crippen LogP contribution in [0.25, 0.3) is 0 Å². The van der Waals surface area contributed by atoms with Crippen molar-refractivity contribution in [2.24, 2.45) is 0 Å². The summed E-state index contributed by atoms with van der Waals surface area (Å²) < 4.78 is 10.3. The number of hydrogen-bond acceptors (Lipinski definition) is 3. The number of rotatable bonds is 1. The molecule has 0 saturated heterocycles. The maximum Gasteiger partial charge on any atom is 0.215 e. The number of pyridine rings is 1. The Bertz CT molecular complexity index is 317. The topological polar surface area (TPSA) is 34.6 Å². The van der Waals surface area contributed by atoms with E-state index in [9.17, 15) is 0 Å². The van der Waals surface area contributed by atoms with E-state index in [0.29, 0.717) is 0 Å². The molecule has 3 nitrogen and oxygen atoms in total. The molecule has 2 heterocycles. The Morgan fingerprint density at radius 3 is 2.55 bits per heavy atom. The largest absolute Gasteiger partial charge is 0.491 e. The molecule has 0 fully saturated rings.